The Balaban J connectivity index is 1.53. The molecule has 1 unspecified atom stereocenters. The minimum atomic E-state index is 0.414. The number of aromatic amines is 1. The van der Waals surface area contributed by atoms with E-state index < -0.39 is 0 Å². The summed E-state index contributed by atoms with van der Waals surface area (Å²) in [5.41, 5.74) is 3.56. The summed E-state index contributed by atoms with van der Waals surface area (Å²) in [6.45, 7) is 4.05. The Morgan fingerprint density at radius 1 is 1.28 bits per heavy atom. The van der Waals surface area contributed by atoms with Gasteiger partial charge in [0.15, 0.2) is 0 Å². The second-order valence-electron chi connectivity index (χ2n) is 6.47. The average molecular weight is 334 g/mol. The topological polar surface area (TPSA) is 69.7 Å². The molecular formula is C19H22N6. The number of anilines is 2. The Labute approximate surface area is 147 Å². The van der Waals surface area contributed by atoms with Crippen molar-refractivity contribution in [2.45, 2.75) is 32.4 Å². The summed E-state index contributed by atoms with van der Waals surface area (Å²) in [5, 5.41) is 3.34. The van der Waals surface area contributed by atoms with Gasteiger partial charge in [-0.25, -0.2) is 15.0 Å². The molecule has 0 amide bonds. The van der Waals surface area contributed by atoms with Crippen LogP contribution in [0.2, 0.25) is 0 Å². The molecule has 0 radical (unpaired) electrons. The van der Waals surface area contributed by atoms with E-state index in [0.29, 0.717) is 6.04 Å². The van der Waals surface area contributed by atoms with E-state index in [0.717, 1.165) is 36.0 Å². The number of imidazole rings is 1. The van der Waals surface area contributed by atoms with E-state index in [1.807, 2.05) is 31.5 Å². The molecule has 3 aromatic heterocycles. The van der Waals surface area contributed by atoms with Gasteiger partial charge in [0.05, 0.1) is 6.33 Å². The molecule has 0 spiro atoms. The molecule has 1 fully saturated rings. The number of nitrogens with zero attached hydrogens (tertiary/aromatic N) is 4. The molecule has 2 N–H and O–H groups in total. The van der Waals surface area contributed by atoms with Crippen LogP contribution in [0.3, 0.4) is 0 Å². The quantitative estimate of drug-likeness (QED) is 0.746. The molecule has 128 valence electrons. The molecule has 1 saturated heterocycles. The smallest absolute Gasteiger partial charge is 0.134 e. The zero-order valence-electron chi connectivity index (χ0n) is 14.3. The monoisotopic (exact) mass is 334 g/mol. The van der Waals surface area contributed by atoms with Gasteiger partial charge in [-0.15, -0.1) is 0 Å². The predicted octanol–water partition coefficient (Wildman–Crippen LogP) is 3.59. The highest BCUT2D eigenvalue weighted by molar-refractivity contribution is 5.56. The van der Waals surface area contributed by atoms with Crippen LogP contribution in [-0.4, -0.2) is 31.4 Å². The van der Waals surface area contributed by atoms with Crippen molar-refractivity contribution in [2.75, 3.05) is 11.9 Å². The molecule has 0 aromatic carbocycles. The van der Waals surface area contributed by atoms with Crippen LogP contribution in [-0.2, 0) is 6.54 Å². The van der Waals surface area contributed by atoms with Crippen molar-refractivity contribution in [3.05, 3.63) is 66.0 Å². The number of H-pyrrole nitrogens is 1. The minimum absolute atomic E-state index is 0.414. The lowest BCUT2D eigenvalue weighted by molar-refractivity contribution is 0.246. The van der Waals surface area contributed by atoms with Crippen molar-refractivity contribution in [3.63, 3.8) is 0 Å². The zero-order chi connectivity index (χ0) is 17.1. The number of nitrogens with one attached hydrogen (secondary N) is 2. The molecule has 0 bridgehead atoms. The Morgan fingerprint density at radius 2 is 2.24 bits per heavy atom. The number of hydrogen-bond donors (Lipinski definition) is 2. The molecule has 1 aliphatic heterocycles. The summed E-state index contributed by atoms with van der Waals surface area (Å²) in [4.78, 5) is 18.7. The maximum absolute atomic E-state index is 4.46. The predicted molar refractivity (Wildman–Crippen MR) is 97.5 cm³/mol. The van der Waals surface area contributed by atoms with Gasteiger partial charge in [-0.05, 0) is 55.6 Å². The summed E-state index contributed by atoms with van der Waals surface area (Å²) < 4.78 is 0. The van der Waals surface area contributed by atoms with Crippen molar-refractivity contribution in [1.82, 2.24) is 24.8 Å². The van der Waals surface area contributed by atoms with Gasteiger partial charge >= 0.3 is 0 Å². The highest BCUT2D eigenvalue weighted by atomic mass is 15.2. The Kier molecular flexibility index (Phi) is 4.43. The molecule has 4 heterocycles. The van der Waals surface area contributed by atoms with Gasteiger partial charge in [0.25, 0.3) is 0 Å². The molecule has 25 heavy (non-hydrogen) atoms. The maximum Gasteiger partial charge on any atom is 0.134 e. The van der Waals surface area contributed by atoms with Crippen molar-refractivity contribution in [1.29, 1.82) is 0 Å². The van der Waals surface area contributed by atoms with Crippen molar-refractivity contribution < 1.29 is 0 Å². The first kappa shape index (κ1) is 15.8. The Bertz CT molecular complexity index is 829. The molecule has 0 saturated carbocycles. The van der Waals surface area contributed by atoms with Crippen molar-refractivity contribution in [2.24, 2.45) is 0 Å². The average Bonchev–Trinajstić information content (AvgIpc) is 3.30. The number of aryl methyl sites for hydroxylation is 1. The van der Waals surface area contributed by atoms with Gasteiger partial charge in [0.2, 0.25) is 0 Å². The van der Waals surface area contributed by atoms with Crippen LogP contribution in [0.4, 0.5) is 11.6 Å². The van der Waals surface area contributed by atoms with E-state index in [1.165, 1.54) is 18.4 Å². The molecule has 1 atom stereocenters. The highest BCUT2D eigenvalue weighted by Gasteiger charge is 2.26. The molecular weight excluding hydrogens is 312 g/mol. The van der Waals surface area contributed by atoms with Crippen LogP contribution in [0.25, 0.3) is 0 Å². The van der Waals surface area contributed by atoms with Gasteiger partial charge in [0, 0.05) is 36.9 Å². The number of hydrogen-bond acceptors (Lipinski definition) is 5. The number of rotatable bonds is 5. The van der Waals surface area contributed by atoms with Crippen LogP contribution in [0.1, 0.15) is 35.7 Å². The van der Waals surface area contributed by atoms with Gasteiger partial charge < -0.3 is 10.3 Å². The molecule has 6 heteroatoms. The van der Waals surface area contributed by atoms with E-state index in [1.54, 1.807) is 12.5 Å². The van der Waals surface area contributed by atoms with Gasteiger partial charge in [-0.1, -0.05) is 6.07 Å². The maximum atomic E-state index is 4.46. The van der Waals surface area contributed by atoms with Gasteiger partial charge in [-0.2, -0.15) is 0 Å². The number of likely N-dealkylation sites (tertiary alicyclic amines) is 1. The lowest BCUT2D eigenvalue weighted by Crippen LogP contribution is -2.23. The van der Waals surface area contributed by atoms with Gasteiger partial charge in [0.1, 0.15) is 11.6 Å². The first-order chi connectivity index (χ1) is 12.3. The second-order valence-corrected chi connectivity index (χ2v) is 6.47. The fourth-order valence-electron chi connectivity index (χ4n) is 3.44. The first-order valence-electron chi connectivity index (χ1n) is 8.65. The zero-order valence-corrected chi connectivity index (χ0v) is 14.3. The molecule has 3 aromatic rings. The fraction of sp³-hybridized carbons (Fsp3) is 0.316. The van der Waals surface area contributed by atoms with E-state index in [4.69, 9.17) is 0 Å². The Hall–Kier alpha value is -2.73. The molecule has 0 aliphatic carbocycles. The lowest BCUT2D eigenvalue weighted by Gasteiger charge is -2.24. The van der Waals surface area contributed by atoms with Crippen LogP contribution in [0.15, 0.2) is 49.2 Å². The van der Waals surface area contributed by atoms with E-state index >= 15 is 0 Å². The second kappa shape index (κ2) is 7.03. The lowest BCUT2D eigenvalue weighted by atomic mass is 10.1. The molecule has 1 aliphatic rings. The third-order valence-corrected chi connectivity index (χ3v) is 4.72. The van der Waals surface area contributed by atoms with Gasteiger partial charge in [-0.3, -0.25) is 4.90 Å². The third kappa shape index (κ3) is 3.53. The summed E-state index contributed by atoms with van der Waals surface area (Å²) in [7, 11) is 0. The summed E-state index contributed by atoms with van der Waals surface area (Å²) >= 11 is 0. The Morgan fingerprint density at radius 3 is 3.08 bits per heavy atom. The fourth-order valence-corrected chi connectivity index (χ4v) is 3.44. The van der Waals surface area contributed by atoms with E-state index in [9.17, 15) is 0 Å². The normalized spacial score (nSPS) is 17.7. The highest BCUT2D eigenvalue weighted by Crippen LogP contribution is 2.33. The van der Waals surface area contributed by atoms with Crippen molar-refractivity contribution >= 4 is 11.6 Å². The first-order valence-corrected chi connectivity index (χ1v) is 8.65. The van der Waals surface area contributed by atoms with Crippen LogP contribution in [0.5, 0.6) is 0 Å². The largest absolute Gasteiger partial charge is 0.347 e. The summed E-state index contributed by atoms with van der Waals surface area (Å²) in [6.07, 6.45) is 9.69. The SMILES string of the molecule is Cc1cccnc1Nc1cc(C2CCCN2Cc2cnc[nH]2)ccn1. The molecule has 6 nitrogen and oxygen atoms in total. The third-order valence-electron chi connectivity index (χ3n) is 4.72. The van der Waals surface area contributed by atoms with E-state index in [2.05, 4.69) is 42.3 Å². The van der Waals surface area contributed by atoms with Crippen LogP contribution >= 0.6 is 0 Å². The minimum Gasteiger partial charge on any atom is -0.347 e. The standard InChI is InChI=1S/C19H22N6/c1-14-4-2-7-22-19(14)24-18-10-15(6-8-21-18)17-5-3-9-25(17)12-16-11-20-13-23-16/h2,4,6-8,10-11,13,17H,3,5,9,12H2,1H3,(H,20,23)(H,21,22,24). The van der Waals surface area contributed by atoms with E-state index in [-0.39, 0.29) is 0 Å². The number of pyridine rings is 2. The van der Waals surface area contributed by atoms with Crippen LogP contribution in [0, 0.1) is 6.92 Å². The van der Waals surface area contributed by atoms with Crippen molar-refractivity contribution in [3.8, 4) is 0 Å². The molecule has 4 rings (SSSR count). The van der Waals surface area contributed by atoms with Crippen LogP contribution < -0.4 is 5.32 Å². The number of aromatic nitrogens is 4. The summed E-state index contributed by atoms with van der Waals surface area (Å²) in [6, 6.07) is 8.66. The summed E-state index contributed by atoms with van der Waals surface area (Å²) in [5.74, 6) is 1.69.